The Balaban J connectivity index is 0.0000110. The summed E-state index contributed by atoms with van der Waals surface area (Å²) in [5, 5.41) is 14.0. The molecule has 0 aliphatic carbocycles. The fourth-order valence-electron chi connectivity index (χ4n) is 10.6. The van der Waals surface area contributed by atoms with E-state index in [1.165, 1.54) is 252 Å². The van der Waals surface area contributed by atoms with Gasteiger partial charge in [-0.2, -0.15) is 0 Å². The Labute approximate surface area is 482 Å². The van der Waals surface area contributed by atoms with E-state index in [1.807, 2.05) is 0 Å². The molecule has 2 N–H and O–H groups in total. The molecule has 0 aromatic heterocycles. The van der Waals surface area contributed by atoms with Crippen molar-refractivity contribution in [3.05, 3.63) is 87.0 Å². The van der Waals surface area contributed by atoms with Crippen molar-refractivity contribution >= 4 is 11.4 Å². The van der Waals surface area contributed by atoms with Crippen molar-refractivity contribution < 1.29 is 31.4 Å². The zero-order valence-corrected chi connectivity index (χ0v) is 51.7. The van der Waals surface area contributed by atoms with Crippen LogP contribution in [0.15, 0.2) is 48.0 Å². The molecule has 0 saturated heterocycles. The van der Waals surface area contributed by atoms with Gasteiger partial charge in [-0.15, -0.1) is 23.7 Å². The van der Waals surface area contributed by atoms with E-state index in [4.69, 9.17) is 10.2 Å². The van der Waals surface area contributed by atoms with Crippen molar-refractivity contribution in [1.82, 2.24) is 0 Å². The van der Waals surface area contributed by atoms with Gasteiger partial charge >= 0.3 is 0 Å². The third kappa shape index (κ3) is 34.8. The van der Waals surface area contributed by atoms with Gasteiger partial charge in [-0.05, 0) is 85.8 Å². The topological polar surface area (TPSA) is 65.8 Å². The molecule has 2 aromatic rings. The molecule has 2 aromatic carbocycles. The number of allylic oxidation sites excluding steroid dienone is 2. The Hall–Kier alpha value is -2.95. The van der Waals surface area contributed by atoms with E-state index in [0.717, 1.165) is 95.4 Å². The predicted molar refractivity (Wildman–Crippen MR) is 331 cm³/mol. The summed E-state index contributed by atoms with van der Waals surface area (Å²) in [4.78, 5) is 0. The molecule has 0 atom stereocenters. The quantitative estimate of drug-likeness (QED) is 0.0301. The Morgan fingerprint density at radius 1 is 0.368 bits per heavy atom. The van der Waals surface area contributed by atoms with Crippen molar-refractivity contribution in [2.45, 2.75) is 317 Å². The normalized spacial score (nSPS) is 11.7. The number of aliphatic hydroxyl groups is 2. The van der Waals surface area contributed by atoms with Gasteiger partial charge in [0.1, 0.15) is 0 Å². The molecule has 0 bridgehead atoms. The number of hydrogen-bond acceptors (Lipinski definition) is 2. The van der Waals surface area contributed by atoms with Crippen LogP contribution in [0, 0.1) is 23.7 Å². The van der Waals surface area contributed by atoms with Crippen molar-refractivity contribution in [2.75, 3.05) is 14.2 Å². The molecular weight excluding hydrogens is 971 g/mol. The van der Waals surface area contributed by atoms with Gasteiger partial charge in [-0.3, -0.25) is 0 Å². The molecule has 0 radical (unpaired) electrons. The number of rotatable bonds is 44. The summed E-state index contributed by atoms with van der Waals surface area (Å²) in [6.07, 6.45) is 59.0. The Kier molecular flexibility index (Phi) is 51.9. The van der Waals surface area contributed by atoms with Gasteiger partial charge in [0, 0.05) is 79.2 Å². The van der Waals surface area contributed by atoms with Crippen LogP contribution in [0.25, 0.3) is 16.9 Å². The van der Waals surface area contributed by atoms with Crippen molar-refractivity contribution in [1.29, 1.82) is 0 Å². The summed E-state index contributed by atoms with van der Waals surface area (Å²) >= 11 is 0. The van der Waals surface area contributed by atoms with Gasteiger partial charge in [0.05, 0.1) is 0 Å². The van der Waals surface area contributed by atoms with Crippen LogP contribution in [0.2, 0.25) is 0 Å². The Morgan fingerprint density at radius 2 is 0.671 bits per heavy atom. The monoisotopic (exact) mass is 1090 g/mol. The molecule has 0 unspecified atom stereocenters. The SMILES string of the molecule is CCCCCCCCCCCCCCCCCCC#CCCc1ccc(CC)cc1C1=CC(CCCCC)=C(c2cc(CC)ccc2CCC#CCCCCCCCCCCCCCCCCCC)[N+]1=[N-].CO.CO.[Ni]. The number of aryl methyl sites for hydroxylation is 4. The Morgan fingerprint density at radius 3 is 1.03 bits per heavy atom. The van der Waals surface area contributed by atoms with Gasteiger partial charge < -0.3 is 15.7 Å². The standard InChI is InChI=1S/C69H110N2.2CH4O.Ni/c1-6-11-14-16-18-20-22-24-26-28-30-32-34-36-38-40-42-44-46-49-51-63-56-54-61(9-4)58-66(63)68-60-65(53-48-13-8-3)69(71(68)70)67-59-62(10-5)55-57-64(67)52-50-47-45-43-41-39-37-35-33-31-29-27-25-23-21-19-17-15-12-7-2;2*1-2;/h54-60H,6-43,48-53H2,1-5H3;2*2H,1H3;. The third-order valence-electron chi connectivity index (χ3n) is 15.4. The number of benzene rings is 2. The molecule has 4 nitrogen and oxygen atoms in total. The van der Waals surface area contributed by atoms with Crippen LogP contribution < -0.4 is 0 Å². The number of hydrogen-bond donors (Lipinski definition) is 2. The van der Waals surface area contributed by atoms with Crippen LogP contribution in [0.4, 0.5) is 0 Å². The second-order valence-electron chi connectivity index (χ2n) is 21.7. The third-order valence-corrected chi connectivity index (χ3v) is 15.4. The number of unbranched alkanes of at least 4 members (excludes halogenated alkanes) is 34. The first kappa shape index (κ1) is 73.1. The molecule has 0 fully saturated rings. The maximum Gasteiger partial charge on any atom is 0.211 e. The fourth-order valence-corrected chi connectivity index (χ4v) is 10.6. The van der Waals surface area contributed by atoms with Crippen molar-refractivity contribution in [2.24, 2.45) is 0 Å². The van der Waals surface area contributed by atoms with Crippen LogP contribution >= 0.6 is 0 Å². The van der Waals surface area contributed by atoms with E-state index < -0.39 is 0 Å². The second kappa shape index (κ2) is 54.0. The van der Waals surface area contributed by atoms with Crippen molar-refractivity contribution in [3.8, 4) is 23.7 Å². The van der Waals surface area contributed by atoms with Gasteiger partial charge in [0.25, 0.3) is 0 Å². The van der Waals surface area contributed by atoms with Crippen LogP contribution in [0.5, 0.6) is 0 Å². The molecule has 1 aliphatic rings. The van der Waals surface area contributed by atoms with Gasteiger partial charge in [-0.25, -0.2) is 4.70 Å². The Bertz CT molecular complexity index is 1890. The second-order valence-corrected chi connectivity index (χ2v) is 21.7. The van der Waals surface area contributed by atoms with Gasteiger partial charge in [0.2, 0.25) is 11.4 Å². The van der Waals surface area contributed by atoms with E-state index in [-0.39, 0.29) is 16.5 Å². The summed E-state index contributed by atoms with van der Waals surface area (Å²) in [7, 11) is 2.00. The van der Waals surface area contributed by atoms with Crippen LogP contribution in [-0.2, 0) is 42.2 Å². The predicted octanol–water partition coefficient (Wildman–Crippen LogP) is 21.6. The minimum atomic E-state index is 0. The minimum Gasteiger partial charge on any atom is -0.493 e. The van der Waals surface area contributed by atoms with E-state index in [1.54, 1.807) is 4.70 Å². The average molecular weight is 1090 g/mol. The van der Waals surface area contributed by atoms with Crippen LogP contribution in [-0.4, -0.2) is 29.1 Å². The van der Waals surface area contributed by atoms with E-state index >= 15 is 0 Å². The molecule has 76 heavy (non-hydrogen) atoms. The van der Waals surface area contributed by atoms with Crippen LogP contribution in [0.3, 0.4) is 0 Å². The first-order chi connectivity index (χ1) is 37.1. The van der Waals surface area contributed by atoms with E-state index in [2.05, 4.69) is 101 Å². The summed E-state index contributed by atoms with van der Waals surface area (Å²) in [5.74, 6) is 14.1. The molecule has 434 valence electrons. The molecular formula is C71H118N2NiO2. The first-order valence-electron chi connectivity index (χ1n) is 32.1. The maximum atomic E-state index is 12.4. The van der Waals surface area contributed by atoms with E-state index in [9.17, 15) is 5.53 Å². The van der Waals surface area contributed by atoms with E-state index in [0.29, 0.717) is 0 Å². The summed E-state index contributed by atoms with van der Waals surface area (Å²) in [6, 6.07) is 13.9. The minimum absolute atomic E-state index is 0. The maximum absolute atomic E-state index is 12.4. The molecule has 1 heterocycles. The first-order valence-corrected chi connectivity index (χ1v) is 32.1. The summed E-state index contributed by atoms with van der Waals surface area (Å²) in [5.41, 5.74) is 23.1. The average Bonchev–Trinajstić information content (AvgIpc) is 3.78. The number of aliphatic hydroxyl groups excluding tert-OH is 2. The molecule has 0 saturated carbocycles. The van der Waals surface area contributed by atoms with Gasteiger partial charge in [0.15, 0.2) is 0 Å². The fraction of sp³-hybridized carbons (Fsp3) is 0.718. The van der Waals surface area contributed by atoms with Crippen LogP contribution in [0.1, 0.15) is 325 Å². The molecule has 3 rings (SSSR count). The number of nitrogens with zero attached hydrogens (tertiary/aromatic N) is 2. The summed E-state index contributed by atoms with van der Waals surface area (Å²) < 4.78 is 1.56. The molecule has 5 heteroatoms. The zero-order chi connectivity index (χ0) is 54.7. The smallest absolute Gasteiger partial charge is 0.211 e. The summed E-state index contributed by atoms with van der Waals surface area (Å²) in [6.45, 7) is 11.4. The molecule has 0 spiro atoms. The van der Waals surface area contributed by atoms with Gasteiger partial charge in [-0.1, -0.05) is 264 Å². The molecule has 1 aliphatic heterocycles. The largest absolute Gasteiger partial charge is 0.493 e. The van der Waals surface area contributed by atoms with Crippen molar-refractivity contribution in [3.63, 3.8) is 0 Å². The zero-order valence-electron chi connectivity index (χ0n) is 50.8. The molecule has 0 amide bonds.